The fourth-order valence-corrected chi connectivity index (χ4v) is 0.852. The molecule has 0 saturated carbocycles. The zero-order chi connectivity index (χ0) is 7.40. The highest BCUT2D eigenvalue weighted by atomic mass is 14.9. The lowest BCUT2D eigenvalue weighted by atomic mass is 10.3. The van der Waals surface area contributed by atoms with Crippen molar-refractivity contribution in [3.8, 4) is 0 Å². The van der Waals surface area contributed by atoms with E-state index in [0.717, 1.165) is 11.4 Å². The smallest absolute Gasteiger partial charge is 0.0653 e. The van der Waals surface area contributed by atoms with Crippen LogP contribution >= 0.6 is 0 Å². The van der Waals surface area contributed by atoms with Crippen molar-refractivity contribution in [2.75, 3.05) is 24.7 Å². The molecule has 0 amide bonds. The first-order valence-electron chi connectivity index (χ1n) is 3.24. The van der Waals surface area contributed by atoms with Gasteiger partial charge in [0, 0.05) is 20.2 Å². The van der Waals surface area contributed by atoms with Crippen molar-refractivity contribution < 1.29 is 0 Å². The normalized spacial score (nSPS) is 9.00. The van der Waals surface area contributed by atoms with Crippen LogP contribution in [-0.2, 0) is 0 Å². The molecule has 0 saturated heterocycles. The quantitative estimate of drug-likeness (QED) is 0.643. The van der Waals surface area contributed by atoms with E-state index < -0.39 is 0 Å². The summed E-state index contributed by atoms with van der Waals surface area (Å²) in [5.74, 6) is 0. The molecule has 0 aliphatic heterocycles. The van der Waals surface area contributed by atoms with Crippen LogP contribution in [-0.4, -0.2) is 14.1 Å². The first-order chi connectivity index (χ1) is 4.88. The average molecular weight is 135 g/mol. The molecule has 0 aliphatic rings. The molecule has 2 heteroatoms. The lowest BCUT2D eigenvalue weighted by Gasteiger charge is -2.05. The van der Waals surface area contributed by atoms with Gasteiger partial charge < -0.3 is 10.6 Å². The lowest BCUT2D eigenvalue weighted by molar-refractivity contribution is 1.45. The number of hydrogen-bond donors (Lipinski definition) is 2. The van der Waals surface area contributed by atoms with Crippen LogP contribution in [0.3, 0.4) is 0 Å². The predicted molar refractivity (Wildman–Crippen MR) is 44.4 cm³/mol. The zero-order valence-corrected chi connectivity index (χ0v) is 6.23. The summed E-state index contributed by atoms with van der Waals surface area (Å²) >= 11 is 0. The second-order valence-electron chi connectivity index (χ2n) is 1.96. The molecule has 2 N–H and O–H groups in total. The lowest BCUT2D eigenvalue weighted by Crippen LogP contribution is -1.95. The number of benzene rings is 1. The second kappa shape index (κ2) is 3.11. The molecule has 0 aromatic heterocycles. The molecular weight excluding hydrogens is 124 g/mol. The first kappa shape index (κ1) is 6.93. The summed E-state index contributed by atoms with van der Waals surface area (Å²) in [5, 5.41) is 6.08. The Bertz CT molecular complexity index is 185. The number of anilines is 2. The van der Waals surface area contributed by atoms with Gasteiger partial charge in [-0.2, -0.15) is 0 Å². The number of hydrogen-bond acceptors (Lipinski definition) is 2. The molecule has 0 aliphatic carbocycles. The summed E-state index contributed by atoms with van der Waals surface area (Å²) < 4.78 is 0. The summed E-state index contributed by atoms with van der Waals surface area (Å²) in [6, 6.07) is 8.90. The highest BCUT2D eigenvalue weighted by Gasteiger charge is 1.93. The second-order valence-corrected chi connectivity index (χ2v) is 1.96. The maximum absolute atomic E-state index is 3.06. The molecular formula is C8H11N2. The zero-order valence-electron chi connectivity index (χ0n) is 6.23. The van der Waals surface area contributed by atoms with Crippen molar-refractivity contribution in [1.29, 1.82) is 0 Å². The number of rotatable bonds is 2. The molecule has 0 bridgehead atoms. The molecule has 2 nitrogen and oxygen atoms in total. The van der Waals surface area contributed by atoms with Gasteiger partial charge in [-0.15, -0.1) is 0 Å². The Hall–Kier alpha value is -1.18. The van der Waals surface area contributed by atoms with E-state index in [-0.39, 0.29) is 0 Å². The van der Waals surface area contributed by atoms with Gasteiger partial charge in [-0.3, -0.25) is 0 Å². The minimum atomic E-state index is 1.00. The van der Waals surface area contributed by atoms with Crippen LogP contribution in [0.25, 0.3) is 0 Å². The third-order valence-electron chi connectivity index (χ3n) is 1.38. The Kier molecular flexibility index (Phi) is 2.15. The molecule has 10 heavy (non-hydrogen) atoms. The third-order valence-corrected chi connectivity index (χ3v) is 1.38. The first-order valence-corrected chi connectivity index (χ1v) is 3.24. The predicted octanol–water partition coefficient (Wildman–Crippen LogP) is 1.57. The molecule has 0 fully saturated rings. The maximum atomic E-state index is 3.06. The Balaban J connectivity index is 2.96. The monoisotopic (exact) mass is 135 g/mol. The van der Waals surface area contributed by atoms with Gasteiger partial charge in [0.1, 0.15) is 0 Å². The average Bonchev–Trinajstić information content (AvgIpc) is 2.04. The fraction of sp³-hybridized carbons (Fsp3) is 0.250. The van der Waals surface area contributed by atoms with E-state index in [1.165, 1.54) is 0 Å². The van der Waals surface area contributed by atoms with Crippen LogP contribution in [0.1, 0.15) is 0 Å². The molecule has 1 aromatic carbocycles. The van der Waals surface area contributed by atoms with Gasteiger partial charge in [0.25, 0.3) is 0 Å². The molecule has 0 spiro atoms. The van der Waals surface area contributed by atoms with Crippen LogP contribution in [0.2, 0.25) is 0 Å². The largest absolute Gasteiger partial charge is 0.386 e. The molecule has 1 aromatic rings. The standard InChI is InChI=1S/C8H11N2/c1-9-7-5-3-4-6-8(7)10-2/h3-5,9-10H,1-2H3. The summed E-state index contributed by atoms with van der Waals surface area (Å²) in [7, 11) is 3.77. The van der Waals surface area contributed by atoms with Crippen LogP contribution < -0.4 is 10.6 Å². The molecule has 0 heterocycles. The molecule has 1 radical (unpaired) electrons. The van der Waals surface area contributed by atoms with Gasteiger partial charge in [0.05, 0.1) is 11.4 Å². The van der Waals surface area contributed by atoms with E-state index in [0.29, 0.717) is 0 Å². The molecule has 1 rings (SSSR count). The number of nitrogens with one attached hydrogen (secondary N) is 2. The Morgan fingerprint density at radius 1 is 1.30 bits per heavy atom. The van der Waals surface area contributed by atoms with Crippen LogP contribution in [0.4, 0.5) is 11.4 Å². The summed E-state index contributed by atoms with van der Waals surface area (Å²) in [4.78, 5) is 0. The number of para-hydroxylation sites is 1. The van der Waals surface area contributed by atoms with Crippen molar-refractivity contribution in [3.05, 3.63) is 24.3 Å². The molecule has 0 atom stereocenters. The van der Waals surface area contributed by atoms with Crippen molar-refractivity contribution >= 4 is 11.4 Å². The summed E-state index contributed by atoms with van der Waals surface area (Å²) in [6.45, 7) is 0. The Labute approximate surface area is 61.3 Å². The van der Waals surface area contributed by atoms with E-state index >= 15 is 0 Å². The maximum Gasteiger partial charge on any atom is 0.0653 e. The van der Waals surface area contributed by atoms with E-state index in [1.54, 1.807) is 0 Å². The fourth-order valence-electron chi connectivity index (χ4n) is 0.852. The summed E-state index contributed by atoms with van der Waals surface area (Å²) in [6.07, 6.45) is 0. The van der Waals surface area contributed by atoms with Crippen molar-refractivity contribution in [3.63, 3.8) is 0 Å². The minimum Gasteiger partial charge on any atom is -0.386 e. The van der Waals surface area contributed by atoms with Crippen LogP contribution in [0.5, 0.6) is 0 Å². The van der Waals surface area contributed by atoms with Gasteiger partial charge >= 0.3 is 0 Å². The van der Waals surface area contributed by atoms with E-state index in [2.05, 4.69) is 16.7 Å². The van der Waals surface area contributed by atoms with Gasteiger partial charge in [-0.05, 0) is 6.07 Å². The summed E-state index contributed by atoms with van der Waals surface area (Å²) in [5.41, 5.74) is 2.08. The minimum absolute atomic E-state index is 1.00. The van der Waals surface area contributed by atoms with Crippen LogP contribution in [0, 0.1) is 6.07 Å². The molecule has 53 valence electrons. The van der Waals surface area contributed by atoms with E-state index in [4.69, 9.17) is 0 Å². The third kappa shape index (κ3) is 1.21. The van der Waals surface area contributed by atoms with Crippen molar-refractivity contribution in [2.45, 2.75) is 0 Å². The molecule has 0 unspecified atom stereocenters. The van der Waals surface area contributed by atoms with E-state index in [9.17, 15) is 0 Å². The highest BCUT2D eigenvalue weighted by molar-refractivity contribution is 5.67. The van der Waals surface area contributed by atoms with Crippen molar-refractivity contribution in [2.24, 2.45) is 0 Å². The van der Waals surface area contributed by atoms with Gasteiger partial charge in [-0.1, -0.05) is 12.1 Å². The Morgan fingerprint density at radius 3 is 2.60 bits per heavy atom. The van der Waals surface area contributed by atoms with Gasteiger partial charge in [0.15, 0.2) is 0 Å². The van der Waals surface area contributed by atoms with Crippen LogP contribution in [0.15, 0.2) is 18.2 Å². The highest BCUT2D eigenvalue weighted by Crippen LogP contribution is 2.17. The topological polar surface area (TPSA) is 24.1 Å². The Morgan fingerprint density at radius 2 is 2.10 bits per heavy atom. The van der Waals surface area contributed by atoms with Gasteiger partial charge in [0.2, 0.25) is 0 Å². The SMILES string of the molecule is CNc1[c]cccc1NC. The van der Waals surface area contributed by atoms with Gasteiger partial charge in [-0.25, -0.2) is 0 Å². The van der Waals surface area contributed by atoms with E-state index in [1.807, 2.05) is 32.3 Å². The van der Waals surface area contributed by atoms with Crippen molar-refractivity contribution in [1.82, 2.24) is 0 Å².